The minimum absolute atomic E-state index is 0.404. The van der Waals surface area contributed by atoms with Crippen molar-refractivity contribution in [1.82, 2.24) is 5.32 Å². The van der Waals surface area contributed by atoms with Gasteiger partial charge in [-0.1, -0.05) is 48.4 Å². The molecule has 1 unspecified atom stereocenters. The van der Waals surface area contributed by atoms with Crippen LogP contribution in [0.2, 0.25) is 0 Å². The van der Waals surface area contributed by atoms with Crippen LogP contribution in [-0.4, -0.2) is 12.3 Å². The number of nitrogens with one attached hydrogen (secondary N) is 1. The maximum absolute atomic E-state index is 3.62. The fraction of sp³-hybridized carbons (Fsp3) is 0.368. The van der Waals surface area contributed by atoms with Gasteiger partial charge in [-0.25, -0.2) is 0 Å². The van der Waals surface area contributed by atoms with E-state index in [9.17, 15) is 0 Å². The van der Waals surface area contributed by atoms with Gasteiger partial charge < -0.3 is 5.32 Å². The van der Waals surface area contributed by atoms with Crippen LogP contribution >= 0.6 is 11.8 Å². The first kappa shape index (κ1) is 16.1. The third-order valence-electron chi connectivity index (χ3n) is 3.66. The van der Waals surface area contributed by atoms with Crippen LogP contribution in [0.3, 0.4) is 0 Å². The van der Waals surface area contributed by atoms with Crippen LogP contribution in [0.25, 0.3) is 0 Å². The highest BCUT2D eigenvalue weighted by Gasteiger charge is 2.13. The molecule has 112 valence electrons. The van der Waals surface area contributed by atoms with E-state index < -0.39 is 0 Å². The lowest BCUT2D eigenvalue weighted by atomic mass is 10.0. The summed E-state index contributed by atoms with van der Waals surface area (Å²) < 4.78 is 0. The molecule has 0 fully saturated rings. The third kappa shape index (κ3) is 4.62. The Morgan fingerprint density at radius 2 is 1.76 bits per heavy atom. The Morgan fingerprint density at radius 3 is 2.43 bits per heavy atom. The van der Waals surface area contributed by atoms with Crippen LogP contribution in [0, 0.1) is 20.8 Å². The average molecular weight is 299 g/mol. The molecule has 0 heterocycles. The summed E-state index contributed by atoms with van der Waals surface area (Å²) in [5.74, 6) is 1.06. The van der Waals surface area contributed by atoms with Gasteiger partial charge in [0.25, 0.3) is 0 Å². The van der Waals surface area contributed by atoms with Gasteiger partial charge in [0, 0.05) is 16.7 Å². The number of benzene rings is 2. The second kappa shape index (κ2) is 7.67. The summed E-state index contributed by atoms with van der Waals surface area (Å²) in [6.45, 7) is 9.68. The lowest BCUT2D eigenvalue weighted by Crippen LogP contribution is -2.23. The van der Waals surface area contributed by atoms with Crippen molar-refractivity contribution in [1.29, 1.82) is 0 Å². The first-order valence-electron chi connectivity index (χ1n) is 7.60. The Balaban J connectivity index is 2.12. The van der Waals surface area contributed by atoms with Gasteiger partial charge in [-0.15, -0.1) is 11.8 Å². The van der Waals surface area contributed by atoms with Crippen molar-refractivity contribution in [3.8, 4) is 0 Å². The Labute approximate surface area is 133 Å². The Morgan fingerprint density at radius 1 is 1.00 bits per heavy atom. The molecule has 0 saturated heterocycles. The largest absolute Gasteiger partial charge is 0.309 e. The molecule has 2 aromatic carbocycles. The van der Waals surface area contributed by atoms with E-state index in [0.29, 0.717) is 6.04 Å². The van der Waals surface area contributed by atoms with Crippen LogP contribution in [0.1, 0.15) is 35.2 Å². The SMILES string of the molecule is CCNC(CSc1cccc(C)c1)c1ccc(C)cc1C. The number of hydrogen-bond donors (Lipinski definition) is 1. The van der Waals surface area contributed by atoms with Crippen LogP contribution in [0.4, 0.5) is 0 Å². The fourth-order valence-corrected chi connectivity index (χ4v) is 3.71. The van der Waals surface area contributed by atoms with Crippen molar-refractivity contribution < 1.29 is 0 Å². The number of hydrogen-bond acceptors (Lipinski definition) is 2. The first-order chi connectivity index (χ1) is 10.1. The summed E-state index contributed by atoms with van der Waals surface area (Å²) in [6, 6.07) is 15.9. The average Bonchev–Trinajstić information content (AvgIpc) is 2.44. The van der Waals surface area contributed by atoms with Gasteiger partial charge in [0.2, 0.25) is 0 Å². The maximum Gasteiger partial charge on any atom is 0.0417 e. The smallest absolute Gasteiger partial charge is 0.0417 e. The van der Waals surface area contributed by atoms with Gasteiger partial charge >= 0.3 is 0 Å². The Hall–Kier alpha value is -1.25. The van der Waals surface area contributed by atoms with E-state index in [1.807, 2.05) is 11.8 Å². The van der Waals surface area contributed by atoms with Gasteiger partial charge in [0.1, 0.15) is 0 Å². The van der Waals surface area contributed by atoms with Gasteiger partial charge in [-0.3, -0.25) is 0 Å². The number of rotatable bonds is 6. The summed E-state index contributed by atoms with van der Waals surface area (Å²) >= 11 is 1.93. The highest BCUT2D eigenvalue weighted by Crippen LogP contribution is 2.27. The minimum Gasteiger partial charge on any atom is -0.309 e. The lowest BCUT2D eigenvalue weighted by molar-refractivity contribution is 0.603. The molecule has 0 bridgehead atoms. The van der Waals surface area contributed by atoms with Crippen molar-refractivity contribution in [2.75, 3.05) is 12.3 Å². The monoisotopic (exact) mass is 299 g/mol. The van der Waals surface area contributed by atoms with Gasteiger partial charge in [0.15, 0.2) is 0 Å². The molecule has 2 heteroatoms. The van der Waals surface area contributed by atoms with Crippen molar-refractivity contribution >= 4 is 11.8 Å². The number of thioether (sulfide) groups is 1. The molecule has 1 nitrogen and oxygen atoms in total. The van der Waals surface area contributed by atoms with Crippen molar-refractivity contribution in [2.24, 2.45) is 0 Å². The number of aryl methyl sites for hydroxylation is 3. The van der Waals surface area contributed by atoms with Crippen molar-refractivity contribution in [3.05, 3.63) is 64.7 Å². The molecule has 0 aliphatic carbocycles. The molecule has 21 heavy (non-hydrogen) atoms. The highest BCUT2D eigenvalue weighted by molar-refractivity contribution is 7.99. The van der Waals surface area contributed by atoms with Gasteiger partial charge in [-0.05, 0) is 50.6 Å². The van der Waals surface area contributed by atoms with Crippen LogP contribution < -0.4 is 5.32 Å². The molecule has 2 aromatic rings. The van der Waals surface area contributed by atoms with Crippen LogP contribution in [0.5, 0.6) is 0 Å². The molecular formula is C19H25NS. The van der Waals surface area contributed by atoms with Crippen LogP contribution in [0.15, 0.2) is 47.4 Å². The topological polar surface area (TPSA) is 12.0 Å². The van der Waals surface area contributed by atoms with E-state index in [4.69, 9.17) is 0 Å². The van der Waals surface area contributed by atoms with Crippen molar-refractivity contribution in [3.63, 3.8) is 0 Å². The Kier molecular flexibility index (Phi) is 5.89. The van der Waals surface area contributed by atoms with Crippen LogP contribution in [-0.2, 0) is 0 Å². The molecule has 0 aliphatic heterocycles. The molecule has 0 radical (unpaired) electrons. The highest BCUT2D eigenvalue weighted by atomic mass is 32.2. The Bertz CT molecular complexity index is 592. The molecule has 0 aliphatic rings. The fourth-order valence-electron chi connectivity index (χ4n) is 2.61. The summed E-state index contributed by atoms with van der Waals surface area (Å²) in [6.07, 6.45) is 0. The van der Waals surface area contributed by atoms with E-state index in [1.54, 1.807) is 0 Å². The molecule has 1 atom stereocenters. The lowest BCUT2D eigenvalue weighted by Gasteiger charge is -2.20. The summed E-state index contributed by atoms with van der Waals surface area (Å²) in [7, 11) is 0. The standard InChI is InChI=1S/C19H25NS/c1-5-20-19(18-10-9-15(3)11-16(18)4)13-21-17-8-6-7-14(2)12-17/h6-12,19-20H,5,13H2,1-4H3. The molecule has 0 saturated carbocycles. The van der Waals surface area contributed by atoms with E-state index in [2.05, 4.69) is 75.5 Å². The minimum atomic E-state index is 0.404. The normalized spacial score (nSPS) is 12.4. The van der Waals surface area contributed by atoms with E-state index in [-0.39, 0.29) is 0 Å². The summed E-state index contributed by atoms with van der Waals surface area (Å²) in [4.78, 5) is 1.35. The van der Waals surface area contributed by atoms with Crippen molar-refractivity contribution in [2.45, 2.75) is 38.6 Å². The summed E-state index contributed by atoms with van der Waals surface area (Å²) in [5, 5.41) is 3.62. The molecular weight excluding hydrogens is 274 g/mol. The van der Waals surface area contributed by atoms with Gasteiger partial charge in [0.05, 0.1) is 0 Å². The van der Waals surface area contributed by atoms with E-state index in [0.717, 1.165) is 12.3 Å². The second-order valence-corrected chi connectivity index (χ2v) is 6.69. The zero-order valence-electron chi connectivity index (χ0n) is 13.4. The summed E-state index contributed by atoms with van der Waals surface area (Å²) in [5.41, 5.74) is 5.46. The maximum atomic E-state index is 3.62. The van der Waals surface area contributed by atoms with E-state index in [1.165, 1.54) is 27.1 Å². The predicted octanol–water partition coefficient (Wildman–Crippen LogP) is 5.05. The second-order valence-electron chi connectivity index (χ2n) is 5.60. The molecule has 1 N–H and O–H groups in total. The van der Waals surface area contributed by atoms with E-state index >= 15 is 0 Å². The first-order valence-corrected chi connectivity index (χ1v) is 8.58. The zero-order valence-corrected chi connectivity index (χ0v) is 14.3. The molecule has 0 aromatic heterocycles. The predicted molar refractivity (Wildman–Crippen MR) is 94.2 cm³/mol. The van der Waals surface area contributed by atoms with Gasteiger partial charge in [-0.2, -0.15) is 0 Å². The molecule has 2 rings (SSSR count). The molecule has 0 amide bonds. The third-order valence-corrected chi connectivity index (χ3v) is 4.74. The zero-order chi connectivity index (χ0) is 15.2. The molecule has 0 spiro atoms. The quantitative estimate of drug-likeness (QED) is 0.749.